The highest BCUT2D eigenvalue weighted by atomic mass is 32.2. The molecule has 0 unspecified atom stereocenters. The molecule has 8 nitrogen and oxygen atoms in total. The van der Waals surface area contributed by atoms with Crippen molar-refractivity contribution in [1.82, 2.24) is 9.80 Å². The van der Waals surface area contributed by atoms with E-state index in [-0.39, 0.29) is 25.0 Å². The van der Waals surface area contributed by atoms with Gasteiger partial charge in [-0.3, -0.25) is 9.10 Å². The Hall–Kier alpha value is -2.29. The predicted molar refractivity (Wildman–Crippen MR) is 112 cm³/mol. The van der Waals surface area contributed by atoms with E-state index in [9.17, 15) is 18.0 Å². The molecule has 1 aromatic carbocycles. The van der Waals surface area contributed by atoms with Crippen LogP contribution in [0.1, 0.15) is 32.3 Å². The van der Waals surface area contributed by atoms with Crippen molar-refractivity contribution >= 4 is 27.7 Å². The van der Waals surface area contributed by atoms with Gasteiger partial charge in [0.2, 0.25) is 15.9 Å². The average molecular weight is 426 g/mol. The van der Waals surface area contributed by atoms with Gasteiger partial charge in [0.1, 0.15) is 0 Å². The van der Waals surface area contributed by atoms with Crippen LogP contribution in [0.5, 0.6) is 0 Å². The zero-order valence-electron chi connectivity index (χ0n) is 17.5. The number of ether oxygens (including phenoxy) is 1. The summed E-state index contributed by atoms with van der Waals surface area (Å²) in [5.41, 5.74) is 1.75. The monoisotopic (exact) mass is 425 g/mol. The number of sulfonamides is 1. The van der Waals surface area contributed by atoms with Crippen molar-refractivity contribution < 1.29 is 22.7 Å². The summed E-state index contributed by atoms with van der Waals surface area (Å²) in [4.78, 5) is 27.5. The first kappa shape index (κ1) is 23.0. The molecule has 0 saturated carbocycles. The first-order valence-electron chi connectivity index (χ1n) is 10.0. The molecular weight excluding hydrogens is 394 g/mol. The molecule has 2 rings (SSSR count). The van der Waals surface area contributed by atoms with E-state index in [2.05, 4.69) is 0 Å². The maximum Gasteiger partial charge on any atom is 0.409 e. The van der Waals surface area contributed by atoms with Crippen LogP contribution in [0.4, 0.5) is 10.5 Å². The van der Waals surface area contributed by atoms with Crippen LogP contribution in [-0.2, 0) is 26.0 Å². The molecule has 0 aromatic heterocycles. The van der Waals surface area contributed by atoms with Crippen molar-refractivity contribution in [2.75, 3.05) is 49.9 Å². The molecule has 1 saturated heterocycles. The SMILES string of the molecule is CCOC(=O)N1CCN(C(=O)CCCN(c2ccc(CC)cc2)S(C)(=O)=O)CC1. The third kappa shape index (κ3) is 6.62. The van der Waals surface area contributed by atoms with Crippen molar-refractivity contribution in [1.29, 1.82) is 0 Å². The second-order valence-electron chi connectivity index (χ2n) is 7.03. The Morgan fingerprint density at radius 1 is 1.03 bits per heavy atom. The molecule has 0 radical (unpaired) electrons. The number of hydrogen-bond donors (Lipinski definition) is 0. The number of carbonyl (C=O) groups is 2. The zero-order valence-corrected chi connectivity index (χ0v) is 18.3. The van der Waals surface area contributed by atoms with Crippen molar-refractivity contribution in [2.45, 2.75) is 33.1 Å². The highest BCUT2D eigenvalue weighted by Crippen LogP contribution is 2.19. The van der Waals surface area contributed by atoms with Gasteiger partial charge in [0.05, 0.1) is 18.6 Å². The number of anilines is 1. The molecule has 29 heavy (non-hydrogen) atoms. The Balaban J connectivity index is 1.86. The molecule has 1 aliphatic rings. The third-order valence-electron chi connectivity index (χ3n) is 4.94. The summed E-state index contributed by atoms with van der Waals surface area (Å²) in [6.07, 6.45) is 2.41. The van der Waals surface area contributed by atoms with Crippen LogP contribution in [0.2, 0.25) is 0 Å². The molecule has 0 spiro atoms. The Labute approximate surface area is 173 Å². The second kappa shape index (κ2) is 10.5. The Bertz CT molecular complexity index is 787. The summed E-state index contributed by atoms with van der Waals surface area (Å²) >= 11 is 0. The van der Waals surface area contributed by atoms with Crippen LogP contribution in [0.25, 0.3) is 0 Å². The molecule has 1 aromatic rings. The smallest absolute Gasteiger partial charge is 0.409 e. The number of benzene rings is 1. The minimum absolute atomic E-state index is 0.0247. The summed E-state index contributed by atoms with van der Waals surface area (Å²) < 4.78 is 30.7. The van der Waals surface area contributed by atoms with E-state index >= 15 is 0 Å². The van der Waals surface area contributed by atoms with Gasteiger partial charge >= 0.3 is 6.09 Å². The topological polar surface area (TPSA) is 87.2 Å². The lowest BCUT2D eigenvalue weighted by molar-refractivity contribution is -0.132. The maximum atomic E-state index is 12.5. The Morgan fingerprint density at radius 3 is 2.14 bits per heavy atom. The standard InChI is InChI=1S/C20H31N3O5S/c1-4-17-8-10-18(11-9-17)23(29(3,26)27)12-6-7-19(24)21-13-15-22(16-14-21)20(25)28-5-2/h8-11H,4-7,12-16H2,1-3H3. The van der Waals surface area contributed by atoms with Crippen LogP contribution in [0, 0.1) is 0 Å². The highest BCUT2D eigenvalue weighted by Gasteiger charge is 2.25. The van der Waals surface area contributed by atoms with E-state index in [1.165, 1.54) is 10.6 Å². The quantitative estimate of drug-likeness (QED) is 0.637. The summed E-state index contributed by atoms with van der Waals surface area (Å²) in [7, 11) is -3.43. The van der Waals surface area contributed by atoms with Crippen molar-refractivity contribution in [2.24, 2.45) is 0 Å². The maximum absolute atomic E-state index is 12.5. The van der Waals surface area contributed by atoms with Crippen molar-refractivity contribution in [3.05, 3.63) is 29.8 Å². The fraction of sp³-hybridized carbons (Fsp3) is 0.600. The molecular formula is C20H31N3O5S. The molecule has 2 amide bonds. The van der Waals surface area contributed by atoms with Crippen LogP contribution >= 0.6 is 0 Å². The largest absolute Gasteiger partial charge is 0.450 e. The predicted octanol–water partition coefficient (Wildman–Crippen LogP) is 2.10. The third-order valence-corrected chi connectivity index (χ3v) is 6.14. The van der Waals surface area contributed by atoms with Gasteiger partial charge in [0, 0.05) is 39.1 Å². The fourth-order valence-corrected chi connectivity index (χ4v) is 4.23. The molecule has 162 valence electrons. The first-order valence-corrected chi connectivity index (χ1v) is 11.9. The Morgan fingerprint density at radius 2 is 1.62 bits per heavy atom. The summed E-state index contributed by atoms with van der Waals surface area (Å²) in [5, 5.41) is 0. The lowest BCUT2D eigenvalue weighted by atomic mass is 10.1. The molecule has 0 bridgehead atoms. The zero-order chi connectivity index (χ0) is 21.4. The lowest BCUT2D eigenvalue weighted by Gasteiger charge is -2.34. The first-order chi connectivity index (χ1) is 13.8. The van der Waals surface area contributed by atoms with Gasteiger partial charge in [-0.1, -0.05) is 19.1 Å². The van der Waals surface area contributed by atoms with Crippen LogP contribution < -0.4 is 4.31 Å². The summed E-state index contributed by atoms with van der Waals surface area (Å²) in [6.45, 7) is 6.21. The molecule has 1 heterocycles. The number of carbonyl (C=O) groups excluding carboxylic acids is 2. The lowest BCUT2D eigenvalue weighted by Crippen LogP contribution is -2.50. The molecule has 9 heteroatoms. The minimum atomic E-state index is -3.43. The minimum Gasteiger partial charge on any atom is -0.450 e. The van der Waals surface area contributed by atoms with Gasteiger partial charge in [-0.25, -0.2) is 13.2 Å². The van der Waals surface area contributed by atoms with Gasteiger partial charge in [-0.15, -0.1) is 0 Å². The molecule has 0 aliphatic carbocycles. The van der Waals surface area contributed by atoms with E-state index in [1.807, 2.05) is 19.1 Å². The average Bonchev–Trinajstić information content (AvgIpc) is 2.70. The van der Waals surface area contributed by atoms with Crippen molar-refractivity contribution in [3.63, 3.8) is 0 Å². The Kier molecular flexibility index (Phi) is 8.31. The van der Waals surface area contributed by atoms with Gasteiger partial charge < -0.3 is 14.5 Å². The van der Waals surface area contributed by atoms with Crippen LogP contribution in [0.3, 0.4) is 0 Å². The number of nitrogens with zero attached hydrogens (tertiary/aromatic N) is 3. The number of aryl methyl sites for hydroxylation is 1. The van der Waals surface area contributed by atoms with Crippen LogP contribution in [-0.4, -0.2) is 75.8 Å². The normalized spacial score (nSPS) is 14.6. The number of rotatable bonds is 8. The summed E-state index contributed by atoms with van der Waals surface area (Å²) in [5.74, 6) is -0.0247. The van der Waals surface area contributed by atoms with E-state index in [0.29, 0.717) is 44.9 Å². The molecule has 1 aliphatic heterocycles. The molecule has 0 N–H and O–H groups in total. The van der Waals surface area contributed by atoms with E-state index in [4.69, 9.17) is 4.74 Å². The fourth-order valence-electron chi connectivity index (χ4n) is 3.27. The van der Waals surface area contributed by atoms with E-state index < -0.39 is 10.0 Å². The highest BCUT2D eigenvalue weighted by molar-refractivity contribution is 7.92. The molecule has 0 atom stereocenters. The molecule has 1 fully saturated rings. The number of amides is 2. The summed E-state index contributed by atoms with van der Waals surface area (Å²) in [6, 6.07) is 7.44. The van der Waals surface area contributed by atoms with Gasteiger partial charge in [-0.05, 0) is 37.5 Å². The number of piperazine rings is 1. The second-order valence-corrected chi connectivity index (χ2v) is 8.93. The van der Waals surface area contributed by atoms with Gasteiger partial charge in [0.25, 0.3) is 0 Å². The van der Waals surface area contributed by atoms with Crippen LogP contribution in [0.15, 0.2) is 24.3 Å². The van der Waals surface area contributed by atoms with E-state index in [1.54, 1.807) is 28.9 Å². The van der Waals surface area contributed by atoms with Gasteiger partial charge in [0.15, 0.2) is 0 Å². The van der Waals surface area contributed by atoms with Crippen molar-refractivity contribution in [3.8, 4) is 0 Å². The van der Waals surface area contributed by atoms with E-state index in [0.717, 1.165) is 12.0 Å². The van der Waals surface area contributed by atoms with Gasteiger partial charge in [-0.2, -0.15) is 0 Å². The number of hydrogen-bond acceptors (Lipinski definition) is 5.